The molecule has 0 saturated carbocycles. The van der Waals surface area contributed by atoms with Crippen LogP contribution in [0.5, 0.6) is 0 Å². The van der Waals surface area contributed by atoms with Gasteiger partial charge >= 0.3 is 0 Å². The van der Waals surface area contributed by atoms with Crippen molar-refractivity contribution < 1.29 is 4.74 Å². The molecule has 6 rings (SSSR count). The largest absolute Gasteiger partial charge is 0.463 e. The molecule has 3 aromatic rings. The summed E-state index contributed by atoms with van der Waals surface area (Å²) in [6.07, 6.45) is 2.18. The van der Waals surface area contributed by atoms with Gasteiger partial charge in [-0.1, -0.05) is 24.3 Å². The maximum atomic E-state index is 5.67. The van der Waals surface area contributed by atoms with Gasteiger partial charge < -0.3 is 9.64 Å². The van der Waals surface area contributed by atoms with E-state index in [1.807, 2.05) is 0 Å². The highest BCUT2D eigenvalue weighted by atomic mass is 32.1. The number of fused-ring (bicyclic) bond motifs is 2. The average Bonchev–Trinajstić information content (AvgIpc) is 3.57. The fourth-order valence-corrected chi connectivity index (χ4v) is 5.66. The zero-order valence-electron chi connectivity index (χ0n) is 17.7. The standard InChI is InChI=1S/C24H27N5OS/c1-2-4-22-20(3-1)23(26-31-22)28-14-12-27(13-15-28)10-7-18-5-6-21-19(17-18)8-11-29(21)24-25-9-16-30-24/h1-6,17H,7-16H2. The molecule has 0 aliphatic carbocycles. The van der Waals surface area contributed by atoms with Crippen LogP contribution in [0.1, 0.15) is 11.1 Å². The monoisotopic (exact) mass is 433 g/mol. The van der Waals surface area contributed by atoms with E-state index in [1.165, 1.54) is 32.7 Å². The SMILES string of the molecule is c1ccc2c(N3CCN(CCc4ccc5c(c4)CCN5C4=NCCO4)CC3)nsc2c1. The lowest BCUT2D eigenvalue weighted by Crippen LogP contribution is -2.47. The van der Waals surface area contributed by atoms with Gasteiger partial charge in [-0.05, 0) is 53.7 Å². The second kappa shape index (κ2) is 8.13. The van der Waals surface area contributed by atoms with Crippen LogP contribution in [-0.2, 0) is 17.6 Å². The van der Waals surface area contributed by atoms with Gasteiger partial charge in [0.1, 0.15) is 12.4 Å². The number of amidine groups is 1. The Kier molecular flexibility index (Phi) is 5.00. The van der Waals surface area contributed by atoms with E-state index in [0.29, 0.717) is 6.61 Å². The maximum Gasteiger partial charge on any atom is 0.292 e. The van der Waals surface area contributed by atoms with Crippen LogP contribution >= 0.6 is 11.5 Å². The number of piperazine rings is 1. The van der Waals surface area contributed by atoms with Crippen LogP contribution in [0.15, 0.2) is 47.5 Å². The van der Waals surface area contributed by atoms with Crippen LogP contribution in [0.25, 0.3) is 10.1 Å². The van der Waals surface area contributed by atoms with Crippen molar-refractivity contribution in [3.05, 3.63) is 53.6 Å². The van der Waals surface area contributed by atoms with Gasteiger partial charge in [-0.3, -0.25) is 9.80 Å². The van der Waals surface area contributed by atoms with E-state index >= 15 is 0 Å². The lowest BCUT2D eigenvalue weighted by molar-refractivity contribution is 0.261. The molecule has 1 aromatic heterocycles. The number of anilines is 2. The lowest BCUT2D eigenvalue weighted by Gasteiger charge is -2.35. The molecule has 3 aliphatic heterocycles. The summed E-state index contributed by atoms with van der Waals surface area (Å²) in [4.78, 5) is 11.8. The third kappa shape index (κ3) is 3.66. The Labute approximate surface area is 186 Å². The van der Waals surface area contributed by atoms with Gasteiger partial charge in [-0.2, -0.15) is 4.37 Å². The van der Waals surface area contributed by atoms with Crippen molar-refractivity contribution in [3.63, 3.8) is 0 Å². The molecule has 3 aliphatic rings. The van der Waals surface area contributed by atoms with Gasteiger partial charge in [-0.15, -0.1) is 0 Å². The molecular formula is C24H27N5OS. The first-order valence-electron chi connectivity index (χ1n) is 11.2. The normalized spacial score (nSPS) is 19.0. The molecule has 0 radical (unpaired) electrons. The van der Waals surface area contributed by atoms with Gasteiger partial charge in [0.05, 0.1) is 11.2 Å². The minimum atomic E-state index is 0.714. The fraction of sp³-hybridized carbons (Fsp3) is 0.417. The number of benzene rings is 2. The van der Waals surface area contributed by atoms with Crippen molar-refractivity contribution >= 4 is 39.1 Å². The molecule has 6 nitrogen and oxygen atoms in total. The van der Waals surface area contributed by atoms with Crippen LogP contribution in [0.4, 0.5) is 11.5 Å². The van der Waals surface area contributed by atoms with E-state index < -0.39 is 0 Å². The van der Waals surface area contributed by atoms with Crippen LogP contribution in [0, 0.1) is 0 Å². The first-order valence-corrected chi connectivity index (χ1v) is 12.0. The Morgan fingerprint density at radius 2 is 1.90 bits per heavy atom. The second-order valence-electron chi connectivity index (χ2n) is 8.46. The van der Waals surface area contributed by atoms with Gasteiger partial charge in [0.15, 0.2) is 0 Å². The number of aliphatic imine (C=N–C) groups is 1. The number of hydrogen-bond acceptors (Lipinski definition) is 7. The highest BCUT2D eigenvalue weighted by molar-refractivity contribution is 7.13. The maximum absolute atomic E-state index is 5.67. The van der Waals surface area contributed by atoms with Gasteiger partial charge in [0.25, 0.3) is 6.02 Å². The van der Waals surface area contributed by atoms with Crippen molar-refractivity contribution in [3.8, 4) is 0 Å². The molecule has 0 bridgehead atoms. The van der Waals surface area contributed by atoms with Gasteiger partial charge in [0, 0.05) is 50.3 Å². The minimum absolute atomic E-state index is 0.714. The molecule has 1 saturated heterocycles. The molecule has 1 fully saturated rings. The van der Waals surface area contributed by atoms with Crippen molar-refractivity contribution in [2.24, 2.45) is 4.99 Å². The lowest BCUT2D eigenvalue weighted by atomic mass is 10.1. The Balaban J connectivity index is 1.05. The zero-order valence-corrected chi connectivity index (χ0v) is 18.5. The number of ether oxygens (including phenoxy) is 1. The molecular weight excluding hydrogens is 406 g/mol. The first kappa shape index (κ1) is 19.1. The first-order chi connectivity index (χ1) is 15.3. The Morgan fingerprint density at radius 3 is 2.77 bits per heavy atom. The van der Waals surface area contributed by atoms with Crippen molar-refractivity contribution in [2.45, 2.75) is 12.8 Å². The van der Waals surface area contributed by atoms with Crippen LogP contribution in [0.3, 0.4) is 0 Å². The quantitative estimate of drug-likeness (QED) is 0.631. The summed E-state index contributed by atoms with van der Waals surface area (Å²) in [7, 11) is 0. The third-order valence-electron chi connectivity index (χ3n) is 6.59. The summed E-state index contributed by atoms with van der Waals surface area (Å²) in [5.41, 5.74) is 4.13. The van der Waals surface area contributed by atoms with Gasteiger partial charge in [-0.25, -0.2) is 4.99 Å². The fourth-order valence-electron chi connectivity index (χ4n) is 4.87. The minimum Gasteiger partial charge on any atom is -0.463 e. The summed E-state index contributed by atoms with van der Waals surface area (Å²) >= 11 is 1.61. The van der Waals surface area contributed by atoms with E-state index in [4.69, 9.17) is 9.11 Å². The van der Waals surface area contributed by atoms with Crippen LogP contribution in [0.2, 0.25) is 0 Å². The van der Waals surface area contributed by atoms with Crippen LogP contribution < -0.4 is 9.80 Å². The third-order valence-corrected chi connectivity index (χ3v) is 7.40. The topological polar surface area (TPSA) is 44.2 Å². The molecule has 0 amide bonds. The van der Waals surface area contributed by atoms with E-state index in [1.54, 1.807) is 11.5 Å². The zero-order chi connectivity index (χ0) is 20.6. The molecule has 160 valence electrons. The molecule has 0 atom stereocenters. The average molecular weight is 434 g/mol. The summed E-state index contributed by atoms with van der Waals surface area (Å²) in [6, 6.07) is 16.3. The Hall–Kier alpha value is -2.64. The predicted molar refractivity (Wildman–Crippen MR) is 128 cm³/mol. The summed E-state index contributed by atoms with van der Waals surface area (Å²) in [5.74, 6) is 1.17. The van der Waals surface area contributed by atoms with Crippen molar-refractivity contribution in [1.82, 2.24) is 9.27 Å². The van der Waals surface area contributed by atoms with Crippen molar-refractivity contribution in [2.75, 3.05) is 62.2 Å². The van der Waals surface area contributed by atoms with E-state index in [2.05, 4.69) is 62.2 Å². The van der Waals surface area contributed by atoms with E-state index in [9.17, 15) is 0 Å². The molecule has 0 spiro atoms. The Morgan fingerprint density at radius 1 is 1.00 bits per heavy atom. The summed E-state index contributed by atoms with van der Waals surface area (Å²) in [6.45, 7) is 7.89. The number of nitrogens with zero attached hydrogens (tertiary/aromatic N) is 5. The van der Waals surface area contributed by atoms with Crippen molar-refractivity contribution in [1.29, 1.82) is 0 Å². The van der Waals surface area contributed by atoms with E-state index in [0.717, 1.165) is 64.7 Å². The molecule has 0 N–H and O–H groups in total. The van der Waals surface area contributed by atoms with E-state index in [-0.39, 0.29) is 0 Å². The van der Waals surface area contributed by atoms with Gasteiger partial charge in [0.2, 0.25) is 0 Å². The molecule has 7 heteroatoms. The van der Waals surface area contributed by atoms with Crippen LogP contribution in [-0.4, -0.2) is 67.7 Å². The highest BCUT2D eigenvalue weighted by Gasteiger charge is 2.26. The highest BCUT2D eigenvalue weighted by Crippen LogP contribution is 2.31. The Bertz CT molecular complexity index is 1120. The number of rotatable bonds is 4. The molecule has 0 unspecified atom stereocenters. The second-order valence-corrected chi connectivity index (χ2v) is 9.26. The predicted octanol–water partition coefficient (Wildman–Crippen LogP) is 3.41. The summed E-state index contributed by atoms with van der Waals surface area (Å²) < 4.78 is 11.7. The number of aromatic nitrogens is 1. The smallest absolute Gasteiger partial charge is 0.292 e. The number of hydrogen-bond donors (Lipinski definition) is 0. The molecule has 4 heterocycles. The molecule has 31 heavy (non-hydrogen) atoms. The molecule has 2 aromatic carbocycles. The summed E-state index contributed by atoms with van der Waals surface area (Å²) in [5, 5.41) is 1.29.